The molecule has 3 rings (SSSR count). The number of fused-ring (bicyclic) bond motifs is 1. The van der Waals surface area contributed by atoms with Gasteiger partial charge in [0.1, 0.15) is 0 Å². The predicted molar refractivity (Wildman–Crippen MR) is 79.3 cm³/mol. The molecule has 1 aromatic rings. The van der Waals surface area contributed by atoms with Crippen LogP contribution in [0.2, 0.25) is 0 Å². The third-order valence-corrected chi connectivity index (χ3v) is 5.21. The minimum absolute atomic E-state index is 0.0727. The van der Waals surface area contributed by atoms with Gasteiger partial charge in [-0.05, 0) is 61.5 Å². The highest BCUT2D eigenvalue weighted by molar-refractivity contribution is 5.32. The molecule has 1 N–H and O–H groups in total. The van der Waals surface area contributed by atoms with Crippen LogP contribution in [0.15, 0.2) is 24.3 Å². The third kappa shape index (κ3) is 3.02. The van der Waals surface area contributed by atoms with Crippen LogP contribution in [0.5, 0.6) is 0 Å². The van der Waals surface area contributed by atoms with Crippen molar-refractivity contribution in [1.82, 2.24) is 0 Å². The molecule has 2 atom stereocenters. The van der Waals surface area contributed by atoms with Crippen LogP contribution in [0, 0.1) is 5.92 Å². The Morgan fingerprint density at radius 1 is 1.00 bits per heavy atom. The molecule has 1 nitrogen and oxygen atoms in total. The number of hydrogen-bond acceptors (Lipinski definition) is 1. The van der Waals surface area contributed by atoms with Gasteiger partial charge in [0.05, 0.1) is 6.10 Å². The van der Waals surface area contributed by atoms with E-state index in [0.717, 1.165) is 6.42 Å². The highest BCUT2D eigenvalue weighted by Gasteiger charge is 2.27. The quantitative estimate of drug-likeness (QED) is 0.850. The minimum Gasteiger partial charge on any atom is -0.393 e. The van der Waals surface area contributed by atoms with Gasteiger partial charge >= 0.3 is 0 Å². The third-order valence-electron chi connectivity index (χ3n) is 5.21. The van der Waals surface area contributed by atoms with E-state index in [4.69, 9.17) is 0 Å². The van der Waals surface area contributed by atoms with Gasteiger partial charge in [0, 0.05) is 0 Å². The smallest absolute Gasteiger partial charge is 0.0574 e. The molecule has 0 aromatic heterocycles. The Morgan fingerprint density at radius 2 is 1.79 bits per heavy atom. The van der Waals surface area contributed by atoms with Crippen molar-refractivity contribution >= 4 is 0 Å². The molecule has 19 heavy (non-hydrogen) atoms. The Hall–Kier alpha value is -0.820. The predicted octanol–water partition coefficient (Wildman–Crippen LogP) is 4.44. The second-order valence-electron chi connectivity index (χ2n) is 6.49. The summed E-state index contributed by atoms with van der Waals surface area (Å²) in [7, 11) is 0. The van der Waals surface area contributed by atoms with Crippen LogP contribution in [0.4, 0.5) is 0 Å². The average molecular weight is 258 g/mol. The lowest BCUT2D eigenvalue weighted by molar-refractivity contribution is 0.0690. The number of rotatable bonds is 3. The average Bonchev–Trinajstić information content (AvgIpc) is 2.48. The van der Waals surface area contributed by atoms with Crippen LogP contribution >= 0.6 is 0 Å². The number of aryl methyl sites for hydroxylation is 1. The van der Waals surface area contributed by atoms with Crippen molar-refractivity contribution < 1.29 is 5.11 Å². The summed E-state index contributed by atoms with van der Waals surface area (Å²) in [6.45, 7) is 0. The maximum absolute atomic E-state index is 10.6. The number of aliphatic hydroxyl groups is 1. The molecule has 1 fully saturated rings. The largest absolute Gasteiger partial charge is 0.393 e. The normalized spacial score (nSPS) is 25.8. The lowest BCUT2D eigenvalue weighted by atomic mass is 9.76. The molecule has 2 aliphatic rings. The molecule has 1 saturated carbocycles. The van der Waals surface area contributed by atoms with Crippen molar-refractivity contribution in [3.05, 3.63) is 35.4 Å². The van der Waals surface area contributed by atoms with Gasteiger partial charge in [-0.25, -0.2) is 0 Å². The number of aliphatic hydroxyl groups excluding tert-OH is 1. The van der Waals surface area contributed by atoms with E-state index in [2.05, 4.69) is 24.3 Å². The van der Waals surface area contributed by atoms with Crippen molar-refractivity contribution in [1.29, 1.82) is 0 Å². The molecule has 104 valence electrons. The molecule has 0 saturated heterocycles. The lowest BCUT2D eigenvalue weighted by Gasteiger charge is -2.32. The molecular weight excluding hydrogens is 232 g/mol. The summed E-state index contributed by atoms with van der Waals surface area (Å²) >= 11 is 0. The molecule has 2 aliphatic carbocycles. The van der Waals surface area contributed by atoms with Gasteiger partial charge in [-0.3, -0.25) is 0 Å². The zero-order valence-corrected chi connectivity index (χ0v) is 11.9. The molecule has 0 heterocycles. The van der Waals surface area contributed by atoms with E-state index in [0.29, 0.717) is 11.8 Å². The van der Waals surface area contributed by atoms with Crippen LogP contribution in [-0.4, -0.2) is 11.2 Å². The maximum atomic E-state index is 10.6. The maximum Gasteiger partial charge on any atom is 0.0574 e. The summed E-state index contributed by atoms with van der Waals surface area (Å²) in [6.07, 6.45) is 11.2. The van der Waals surface area contributed by atoms with E-state index in [1.54, 1.807) is 0 Å². The molecule has 0 spiro atoms. The van der Waals surface area contributed by atoms with Gasteiger partial charge in [-0.15, -0.1) is 0 Å². The van der Waals surface area contributed by atoms with Crippen LogP contribution in [0.25, 0.3) is 0 Å². The van der Waals surface area contributed by atoms with E-state index >= 15 is 0 Å². The van der Waals surface area contributed by atoms with Crippen molar-refractivity contribution in [3.8, 4) is 0 Å². The first-order valence-corrected chi connectivity index (χ1v) is 8.10. The SMILES string of the molecule is OC(CC1CCCc2ccccc21)C1CCCCC1. The van der Waals surface area contributed by atoms with Crippen molar-refractivity contribution in [2.75, 3.05) is 0 Å². The summed E-state index contributed by atoms with van der Waals surface area (Å²) in [5, 5.41) is 10.6. The van der Waals surface area contributed by atoms with E-state index in [9.17, 15) is 5.11 Å². The van der Waals surface area contributed by atoms with E-state index in [-0.39, 0.29) is 6.10 Å². The highest BCUT2D eigenvalue weighted by Crippen LogP contribution is 2.37. The fourth-order valence-electron chi connectivity index (χ4n) is 4.10. The first kappa shape index (κ1) is 13.2. The number of benzene rings is 1. The Labute approximate surface area is 117 Å². The fourth-order valence-corrected chi connectivity index (χ4v) is 4.10. The number of hydrogen-bond donors (Lipinski definition) is 1. The minimum atomic E-state index is -0.0727. The molecule has 1 heteroatoms. The monoisotopic (exact) mass is 258 g/mol. The van der Waals surface area contributed by atoms with Gasteiger partial charge in [0.25, 0.3) is 0 Å². The van der Waals surface area contributed by atoms with Gasteiger partial charge in [0.2, 0.25) is 0 Å². The Balaban J connectivity index is 1.66. The second-order valence-corrected chi connectivity index (χ2v) is 6.49. The summed E-state index contributed by atoms with van der Waals surface area (Å²) in [4.78, 5) is 0. The van der Waals surface area contributed by atoms with Crippen molar-refractivity contribution in [2.24, 2.45) is 5.92 Å². The van der Waals surface area contributed by atoms with Crippen molar-refractivity contribution in [2.45, 2.75) is 69.8 Å². The van der Waals surface area contributed by atoms with Crippen LogP contribution < -0.4 is 0 Å². The lowest BCUT2D eigenvalue weighted by Crippen LogP contribution is -2.26. The summed E-state index contributed by atoms with van der Waals surface area (Å²) in [5.41, 5.74) is 3.04. The topological polar surface area (TPSA) is 20.2 Å². The van der Waals surface area contributed by atoms with E-state index in [1.807, 2.05) is 0 Å². The Kier molecular flexibility index (Phi) is 4.22. The van der Waals surface area contributed by atoms with Gasteiger partial charge in [-0.1, -0.05) is 43.5 Å². The Morgan fingerprint density at radius 3 is 2.63 bits per heavy atom. The standard InChI is InChI=1S/C18H26O/c19-18(15-8-2-1-3-9-15)13-16-11-6-10-14-7-4-5-12-17(14)16/h4-5,7,12,15-16,18-19H,1-3,6,8-11,13H2. The first-order valence-electron chi connectivity index (χ1n) is 8.10. The van der Waals surface area contributed by atoms with Crippen LogP contribution in [-0.2, 0) is 6.42 Å². The zero-order chi connectivity index (χ0) is 13.1. The zero-order valence-electron chi connectivity index (χ0n) is 11.9. The van der Waals surface area contributed by atoms with Crippen molar-refractivity contribution in [3.63, 3.8) is 0 Å². The van der Waals surface area contributed by atoms with Crippen LogP contribution in [0.3, 0.4) is 0 Å². The first-order chi connectivity index (χ1) is 9.34. The van der Waals surface area contributed by atoms with Gasteiger partial charge < -0.3 is 5.11 Å². The van der Waals surface area contributed by atoms with E-state index < -0.39 is 0 Å². The second kappa shape index (κ2) is 6.09. The highest BCUT2D eigenvalue weighted by atomic mass is 16.3. The Bertz CT molecular complexity index is 406. The molecule has 0 aliphatic heterocycles. The van der Waals surface area contributed by atoms with Gasteiger partial charge in [0.15, 0.2) is 0 Å². The molecule has 0 radical (unpaired) electrons. The summed E-state index contributed by atoms with van der Waals surface area (Å²) in [5.74, 6) is 1.17. The summed E-state index contributed by atoms with van der Waals surface area (Å²) < 4.78 is 0. The molecule has 0 bridgehead atoms. The van der Waals surface area contributed by atoms with E-state index in [1.165, 1.54) is 62.5 Å². The van der Waals surface area contributed by atoms with Gasteiger partial charge in [-0.2, -0.15) is 0 Å². The molecule has 0 amide bonds. The molecular formula is C18H26O. The molecule has 2 unspecified atom stereocenters. The summed E-state index contributed by atoms with van der Waals surface area (Å²) in [6, 6.07) is 8.87. The van der Waals surface area contributed by atoms with Crippen LogP contribution in [0.1, 0.15) is 68.4 Å². The molecule has 1 aromatic carbocycles. The fraction of sp³-hybridized carbons (Fsp3) is 0.667.